The van der Waals surface area contributed by atoms with Gasteiger partial charge in [-0.1, -0.05) is 152 Å². The Morgan fingerprint density at radius 1 is 0.603 bits per heavy atom. The Morgan fingerprint density at radius 2 is 1.02 bits per heavy atom. The third kappa shape index (κ3) is 12.5. The van der Waals surface area contributed by atoms with Crippen LogP contribution in [0.4, 0.5) is 4.79 Å². The summed E-state index contributed by atoms with van der Waals surface area (Å²) in [6.07, 6.45) is -8.97. The van der Waals surface area contributed by atoms with E-state index in [0.29, 0.717) is 6.61 Å². The molecule has 2 aliphatic heterocycles. The summed E-state index contributed by atoms with van der Waals surface area (Å²) >= 11 is 0. The smallest absolute Gasteiger partial charge is 0.412 e. The van der Waals surface area contributed by atoms with Gasteiger partial charge in [0.25, 0.3) is 0 Å². The fraction of sp³-hybridized carbons (Fsp3) is 0.373. The zero-order valence-electron chi connectivity index (χ0n) is 35.7. The van der Waals surface area contributed by atoms with Crippen LogP contribution >= 0.6 is 0 Å². The van der Waals surface area contributed by atoms with Crippen molar-refractivity contribution in [1.29, 1.82) is 0 Å². The predicted octanol–water partition coefficient (Wildman–Crippen LogP) is 7.18. The first kappa shape index (κ1) is 45.7. The molecule has 0 radical (unpaired) electrons. The molecule has 12 nitrogen and oxygen atoms in total. The lowest BCUT2D eigenvalue weighted by Crippen LogP contribution is -2.62. The molecule has 5 aromatic rings. The molecular formula is C51H57NO11. The summed E-state index contributed by atoms with van der Waals surface area (Å²) in [7, 11) is 0. The molecule has 2 aliphatic rings. The first-order valence-electron chi connectivity index (χ1n) is 21.4. The van der Waals surface area contributed by atoms with E-state index in [1.54, 1.807) is 13.8 Å². The first-order chi connectivity index (χ1) is 30.7. The number of aliphatic hydroxyl groups excluding tert-OH is 2. The monoisotopic (exact) mass is 859 g/mol. The van der Waals surface area contributed by atoms with Crippen molar-refractivity contribution in [3.05, 3.63) is 179 Å². The minimum Gasteiger partial charge on any atom is -0.444 e. The highest BCUT2D eigenvalue weighted by Crippen LogP contribution is 2.35. The molecule has 12 heteroatoms. The van der Waals surface area contributed by atoms with Gasteiger partial charge in [0.2, 0.25) is 0 Å². The second-order valence-electron chi connectivity index (χ2n) is 16.3. The molecular weight excluding hydrogens is 803 g/mol. The molecule has 332 valence electrons. The van der Waals surface area contributed by atoms with Crippen LogP contribution in [-0.4, -0.2) is 94.7 Å². The summed E-state index contributed by atoms with van der Waals surface area (Å²) in [5.41, 5.74) is 3.29. The maximum Gasteiger partial charge on any atom is 0.412 e. The summed E-state index contributed by atoms with van der Waals surface area (Å²) < 4.78 is 44.9. The Bertz CT molecular complexity index is 2130. The molecule has 0 bridgehead atoms. The van der Waals surface area contributed by atoms with E-state index in [4.69, 9.17) is 33.2 Å². The molecule has 8 atom stereocenters. The number of hydrogen-bond acceptors (Lipinski definition) is 11. The van der Waals surface area contributed by atoms with Crippen LogP contribution in [0.25, 0.3) is 0 Å². The quantitative estimate of drug-likeness (QED) is 0.0822. The molecule has 5 aromatic carbocycles. The third-order valence-electron chi connectivity index (χ3n) is 11.4. The van der Waals surface area contributed by atoms with Gasteiger partial charge < -0.3 is 43.4 Å². The molecule has 2 N–H and O–H groups in total. The zero-order chi connectivity index (χ0) is 44.0. The summed E-state index contributed by atoms with van der Waals surface area (Å²) in [4.78, 5) is 29.1. The van der Waals surface area contributed by atoms with Crippen molar-refractivity contribution in [2.24, 2.45) is 0 Å². The SMILES string of the molecule is CC1(C)OC[C@H]([C@@H](O)[C@H](O)C(=O)C[C@H]2O[C@H](COCc3ccccc3)[C@@H](OCc3ccccc3)[C@H](OCc3ccccc3)[C@H]2OCc2ccccc2)N1C(=O)OCc1ccccc1. The van der Waals surface area contributed by atoms with Gasteiger partial charge in [0, 0.05) is 6.42 Å². The van der Waals surface area contributed by atoms with Crippen molar-refractivity contribution in [2.75, 3.05) is 13.2 Å². The van der Waals surface area contributed by atoms with E-state index in [1.165, 1.54) is 4.90 Å². The van der Waals surface area contributed by atoms with Gasteiger partial charge in [-0.25, -0.2) is 4.79 Å². The Kier molecular flexibility index (Phi) is 16.2. The highest BCUT2D eigenvalue weighted by molar-refractivity contribution is 5.84. The number of nitrogens with zero attached hydrogens (tertiary/aromatic N) is 1. The van der Waals surface area contributed by atoms with Crippen LogP contribution in [0.3, 0.4) is 0 Å². The Hall–Kier alpha value is -5.28. The maximum atomic E-state index is 14.3. The first-order valence-corrected chi connectivity index (χ1v) is 21.4. The number of carbonyl (C=O) groups is 2. The average Bonchev–Trinajstić information content (AvgIpc) is 3.64. The van der Waals surface area contributed by atoms with Gasteiger partial charge in [-0.05, 0) is 41.7 Å². The van der Waals surface area contributed by atoms with E-state index in [-0.39, 0.29) is 46.1 Å². The van der Waals surface area contributed by atoms with Crippen molar-refractivity contribution in [1.82, 2.24) is 4.90 Å². The summed E-state index contributed by atoms with van der Waals surface area (Å²) in [5, 5.41) is 23.3. The van der Waals surface area contributed by atoms with Crippen LogP contribution in [0, 0.1) is 0 Å². The van der Waals surface area contributed by atoms with Crippen molar-refractivity contribution in [3.8, 4) is 0 Å². The highest BCUT2D eigenvalue weighted by atomic mass is 16.6. The number of Topliss-reactive ketones (excluding diaryl/α,β-unsaturated/α-hetero) is 1. The normalized spacial score (nSPS) is 22.9. The molecule has 0 saturated carbocycles. The summed E-state index contributed by atoms with van der Waals surface area (Å²) in [6, 6.07) is 47.0. The van der Waals surface area contributed by atoms with Gasteiger partial charge in [0.1, 0.15) is 49.0 Å². The molecule has 7 rings (SSSR count). The molecule has 0 spiro atoms. The van der Waals surface area contributed by atoms with Gasteiger partial charge >= 0.3 is 6.09 Å². The van der Waals surface area contributed by atoms with Gasteiger partial charge in [-0.15, -0.1) is 0 Å². The van der Waals surface area contributed by atoms with Crippen LogP contribution in [0.15, 0.2) is 152 Å². The maximum absolute atomic E-state index is 14.3. The zero-order valence-corrected chi connectivity index (χ0v) is 35.7. The molecule has 2 fully saturated rings. The second kappa shape index (κ2) is 22.4. The average molecular weight is 860 g/mol. The van der Waals surface area contributed by atoms with Crippen molar-refractivity contribution < 1.29 is 53.0 Å². The lowest BCUT2D eigenvalue weighted by Gasteiger charge is -2.46. The number of carbonyl (C=O) groups excluding carboxylic acids is 2. The third-order valence-corrected chi connectivity index (χ3v) is 11.4. The van der Waals surface area contributed by atoms with Crippen LogP contribution in [-0.2, 0) is 71.0 Å². The topological polar surface area (TPSA) is 142 Å². The van der Waals surface area contributed by atoms with Crippen LogP contribution in [0.1, 0.15) is 48.1 Å². The molecule has 0 aliphatic carbocycles. The van der Waals surface area contributed by atoms with Gasteiger partial charge in [-0.3, -0.25) is 9.69 Å². The lowest BCUT2D eigenvalue weighted by atomic mass is 9.89. The van der Waals surface area contributed by atoms with Crippen LogP contribution < -0.4 is 0 Å². The molecule has 1 amide bonds. The van der Waals surface area contributed by atoms with Gasteiger partial charge in [0.05, 0.1) is 51.8 Å². The Balaban J connectivity index is 1.16. The summed E-state index contributed by atoms with van der Waals surface area (Å²) in [5.74, 6) is -0.725. The number of ether oxygens (including phenoxy) is 7. The minimum atomic E-state index is -1.93. The largest absolute Gasteiger partial charge is 0.444 e. The fourth-order valence-electron chi connectivity index (χ4n) is 8.00. The molecule has 63 heavy (non-hydrogen) atoms. The molecule has 2 saturated heterocycles. The lowest BCUT2D eigenvalue weighted by molar-refractivity contribution is -0.272. The van der Waals surface area contributed by atoms with E-state index in [9.17, 15) is 19.8 Å². The van der Waals surface area contributed by atoms with E-state index in [0.717, 1.165) is 27.8 Å². The Morgan fingerprint density at radius 3 is 1.49 bits per heavy atom. The van der Waals surface area contributed by atoms with Gasteiger partial charge in [0.15, 0.2) is 5.78 Å². The Labute approximate surface area is 369 Å². The number of benzene rings is 5. The van der Waals surface area contributed by atoms with E-state index in [2.05, 4.69) is 0 Å². The molecule has 0 aromatic heterocycles. The number of rotatable bonds is 20. The van der Waals surface area contributed by atoms with E-state index >= 15 is 0 Å². The molecule has 0 unspecified atom stereocenters. The van der Waals surface area contributed by atoms with E-state index < -0.39 is 66.4 Å². The van der Waals surface area contributed by atoms with Crippen LogP contribution in [0.2, 0.25) is 0 Å². The van der Waals surface area contributed by atoms with Crippen molar-refractivity contribution in [2.45, 2.75) is 108 Å². The standard InChI is InChI=1S/C51H57NO11/c1-51(2)52(50(56)61-33-40-26-16-7-17-27-40)41(34-62-51)45(54)46(55)42(53)28-43-47(58-30-37-20-10-4-11-21-37)49(60-32-39-24-14-6-15-25-39)48(59-31-38-22-12-5-13-23-38)44(63-43)35-57-29-36-18-8-3-9-19-36/h3-27,41,43-49,54-55H,28-35H2,1-2H3/t41-,43-,44-,45-,46-,47+,48-,49-/m1/s1. The fourth-order valence-corrected chi connectivity index (χ4v) is 8.00. The van der Waals surface area contributed by atoms with E-state index in [1.807, 2.05) is 152 Å². The van der Waals surface area contributed by atoms with Crippen LogP contribution in [0.5, 0.6) is 0 Å². The second-order valence-corrected chi connectivity index (χ2v) is 16.3. The van der Waals surface area contributed by atoms with Gasteiger partial charge in [-0.2, -0.15) is 0 Å². The minimum absolute atomic E-state index is 0.0141. The number of ketones is 1. The highest BCUT2D eigenvalue weighted by Gasteiger charge is 2.52. The molecule has 2 heterocycles. The van der Waals surface area contributed by atoms with Crippen molar-refractivity contribution in [3.63, 3.8) is 0 Å². The number of aliphatic hydroxyl groups is 2. The summed E-state index contributed by atoms with van der Waals surface area (Å²) in [6.45, 7) is 4.14. The predicted molar refractivity (Wildman–Crippen MR) is 234 cm³/mol. The number of hydrogen-bond donors (Lipinski definition) is 2. The number of amides is 1. The van der Waals surface area contributed by atoms with Crippen molar-refractivity contribution >= 4 is 11.9 Å².